The molecule has 0 bridgehead atoms. The van der Waals surface area contributed by atoms with Crippen molar-refractivity contribution in [3.8, 4) is 6.07 Å². The third kappa shape index (κ3) is 3.64. The summed E-state index contributed by atoms with van der Waals surface area (Å²) < 4.78 is 11.8. The molecule has 0 saturated heterocycles. The van der Waals surface area contributed by atoms with Crippen molar-refractivity contribution in [1.29, 1.82) is 5.26 Å². The Labute approximate surface area is 108 Å². The zero-order valence-electron chi connectivity index (χ0n) is 9.76. The van der Waals surface area contributed by atoms with Crippen LogP contribution in [0.3, 0.4) is 0 Å². The molecule has 1 fully saturated rings. The van der Waals surface area contributed by atoms with Gasteiger partial charge in [0.1, 0.15) is 17.5 Å². The Morgan fingerprint density at radius 2 is 2.39 bits per heavy atom. The largest absolute Gasteiger partial charge is 0.353 e. The van der Waals surface area contributed by atoms with Gasteiger partial charge in [0, 0.05) is 28.6 Å². The lowest BCUT2D eigenvalue weighted by atomic mass is 10.2. The Kier molecular flexibility index (Phi) is 4.05. The highest BCUT2D eigenvalue weighted by atomic mass is 32.2. The minimum Gasteiger partial charge on any atom is -0.353 e. The molecule has 1 atom stereocenters. The monoisotopic (exact) mass is 263 g/mol. The number of rotatable bonds is 5. The van der Waals surface area contributed by atoms with Crippen LogP contribution >= 0.6 is 0 Å². The molecule has 1 amide bonds. The van der Waals surface area contributed by atoms with Crippen LogP contribution in [0.4, 0.5) is 0 Å². The molecule has 1 heterocycles. The minimum absolute atomic E-state index is 0.0176. The van der Waals surface area contributed by atoms with Crippen molar-refractivity contribution < 1.29 is 9.00 Å². The molecule has 0 radical (unpaired) electrons. The summed E-state index contributed by atoms with van der Waals surface area (Å²) in [6.07, 6.45) is 3.55. The van der Waals surface area contributed by atoms with Crippen LogP contribution in [0, 0.1) is 11.3 Å². The van der Waals surface area contributed by atoms with Gasteiger partial charge in [0.25, 0.3) is 0 Å². The van der Waals surface area contributed by atoms with E-state index < -0.39 is 10.8 Å². The molecule has 94 valence electrons. The summed E-state index contributed by atoms with van der Waals surface area (Å²) in [7, 11) is -1.30. The lowest BCUT2D eigenvalue weighted by Gasteiger charge is -2.04. The number of amides is 1. The van der Waals surface area contributed by atoms with E-state index in [1.165, 1.54) is 6.20 Å². The van der Waals surface area contributed by atoms with E-state index in [2.05, 4.69) is 10.3 Å². The summed E-state index contributed by atoms with van der Waals surface area (Å²) in [5.41, 5.74) is 0.894. The number of hydrogen-bond donors (Lipinski definition) is 1. The topological polar surface area (TPSA) is 82.8 Å². The van der Waals surface area contributed by atoms with Gasteiger partial charge in [0.05, 0.1) is 5.75 Å². The fraction of sp³-hybridized carbons (Fsp3) is 0.417. The molecule has 2 rings (SSSR count). The molecule has 0 spiro atoms. The fourth-order valence-electron chi connectivity index (χ4n) is 1.52. The first-order valence-corrected chi connectivity index (χ1v) is 7.16. The van der Waals surface area contributed by atoms with Crippen molar-refractivity contribution in [1.82, 2.24) is 10.3 Å². The van der Waals surface area contributed by atoms with Crippen LogP contribution in [-0.2, 0) is 21.3 Å². The fourth-order valence-corrected chi connectivity index (χ4v) is 2.58. The summed E-state index contributed by atoms with van der Waals surface area (Å²) in [5, 5.41) is 11.6. The van der Waals surface area contributed by atoms with E-state index in [0.29, 0.717) is 5.56 Å². The van der Waals surface area contributed by atoms with Crippen molar-refractivity contribution in [3.05, 3.63) is 29.6 Å². The molecule has 1 aromatic heterocycles. The minimum atomic E-state index is -1.30. The quantitative estimate of drug-likeness (QED) is 0.837. The molecule has 1 N–H and O–H groups in total. The molecule has 18 heavy (non-hydrogen) atoms. The van der Waals surface area contributed by atoms with Gasteiger partial charge in [0.15, 0.2) is 0 Å². The first-order valence-electron chi connectivity index (χ1n) is 5.67. The number of nitrogens with zero attached hydrogens (tertiary/aromatic N) is 2. The average Bonchev–Trinajstić information content (AvgIpc) is 3.13. The molecular formula is C12H13N3O2S. The Balaban J connectivity index is 1.90. The SMILES string of the molecule is N#Cc1ncccc1CS(=O)CC(=O)NC1CC1. The second kappa shape index (κ2) is 5.74. The Morgan fingerprint density at radius 1 is 1.61 bits per heavy atom. The Hall–Kier alpha value is -1.74. The molecule has 1 aliphatic carbocycles. The van der Waals surface area contributed by atoms with Crippen molar-refractivity contribution in [3.63, 3.8) is 0 Å². The predicted octanol–water partition coefficient (Wildman–Crippen LogP) is 0.481. The number of carbonyl (C=O) groups excluding carboxylic acids is 1. The van der Waals surface area contributed by atoms with E-state index in [9.17, 15) is 9.00 Å². The smallest absolute Gasteiger partial charge is 0.232 e. The van der Waals surface area contributed by atoms with E-state index in [1.807, 2.05) is 6.07 Å². The lowest BCUT2D eigenvalue weighted by molar-refractivity contribution is -0.118. The highest BCUT2D eigenvalue weighted by molar-refractivity contribution is 7.84. The van der Waals surface area contributed by atoms with E-state index in [-0.39, 0.29) is 29.1 Å². The maximum atomic E-state index is 11.8. The van der Waals surface area contributed by atoms with E-state index >= 15 is 0 Å². The summed E-state index contributed by atoms with van der Waals surface area (Å²) in [6, 6.07) is 5.63. The van der Waals surface area contributed by atoms with Gasteiger partial charge in [-0.15, -0.1) is 0 Å². The average molecular weight is 263 g/mol. The second-order valence-corrected chi connectivity index (χ2v) is 5.65. The first kappa shape index (κ1) is 12.7. The third-order valence-corrected chi connectivity index (χ3v) is 3.77. The molecule has 5 nitrogen and oxygen atoms in total. The molecular weight excluding hydrogens is 250 g/mol. The van der Waals surface area contributed by atoms with Gasteiger partial charge in [0.2, 0.25) is 5.91 Å². The zero-order chi connectivity index (χ0) is 13.0. The molecule has 6 heteroatoms. The third-order valence-electron chi connectivity index (χ3n) is 2.55. The molecule has 1 aliphatic rings. The van der Waals surface area contributed by atoms with Crippen LogP contribution in [0.5, 0.6) is 0 Å². The zero-order valence-corrected chi connectivity index (χ0v) is 10.6. The van der Waals surface area contributed by atoms with Crippen LogP contribution in [0.25, 0.3) is 0 Å². The lowest BCUT2D eigenvalue weighted by Crippen LogP contribution is -2.30. The summed E-state index contributed by atoms with van der Waals surface area (Å²) in [6.45, 7) is 0. The summed E-state index contributed by atoms with van der Waals surface area (Å²) in [5.74, 6) is -0.0105. The van der Waals surface area contributed by atoms with Gasteiger partial charge in [-0.25, -0.2) is 4.98 Å². The van der Waals surface area contributed by atoms with Gasteiger partial charge in [-0.1, -0.05) is 6.07 Å². The Bertz CT molecular complexity index is 520. The second-order valence-electron chi connectivity index (χ2n) is 4.19. The summed E-state index contributed by atoms with van der Waals surface area (Å²) in [4.78, 5) is 15.4. The van der Waals surface area contributed by atoms with Crippen LogP contribution in [0.2, 0.25) is 0 Å². The number of aromatic nitrogens is 1. The van der Waals surface area contributed by atoms with Crippen LogP contribution in [0.15, 0.2) is 18.3 Å². The van der Waals surface area contributed by atoms with Crippen molar-refractivity contribution in [2.24, 2.45) is 0 Å². The molecule has 1 unspecified atom stereocenters. The normalized spacial score (nSPS) is 15.7. The van der Waals surface area contributed by atoms with E-state index in [0.717, 1.165) is 12.8 Å². The predicted molar refractivity (Wildman–Crippen MR) is 66.8 cm³/mol. The van der Waals surface area contributed by atoms with Gasteiger partial charge < -0.3 is 5.32 Å². The first-order chi connectivity index (χ1) is 8.69. The van der Waals surface area contributed by atoms with Crippen molar-refractivity contribution >= 4 is 16.7 Å². The molecule has 1 aromatic rings. The number of nitrogens with one attached hydrogen (secondary N) is 1. The summed E-state index contributed by atoms with van der Waals surface area (Å²) >= 11 is 0. The highest BCUT2D eigenvalue weighted by Gasteiger charge is 2.23. The van der Waals surface area contributed by atoms with Gasteiger partial charge in [-0.2, -0.15) is 5.26 Å². The highest BCUT2D eigenvalue weighted by Crippen LogP contribution is 2.18. The van der Waals surface area contributed by atoms with Crippen molar-refractivity contribution in [2.45, 2.75) is 24.6 Å². The molecule has 1 saturated carbocycles. The maximum Gasteiger partial charge on any atom is 0.232 e. The van der Waals surface area contributed by atoms with Gasteiger partial charge in [-0.05, 0) is 18.9 Å². The van der Waals surface area contributed by atoms with Crippen molar-refractivity contribution in [2.75, 3.05) is 5.75 Å². The standard InChI is InChI=1S/C12H13N3O2S/c13-6-11-9(2-1-5-14-11)7-18(17)8-12(16)15-10-3-4-10/h1-2,5,10H,3-4,7-8H2,(H,15,16). The number of carbonyl (C=O) groups is 1. The molecule has 0 aromatic carbocycles. The van der Waals surface area contributed by atoms with Gasteiger partial charge >= 0.3 is 0 Å². The number of hydrogen-bond acceptors (Lipinski definition) is 4. The van der Waals surface area contributed by atoms with Gasteiger partial charge in [-0.3, -0.25) is 9.00 Å². The van der Waals surface area contributed by atoms with Crippen LogP contribution < -0.4 is 5.32 Å². The number of pyridine rings is 1. The maximum absolute atomic E-state index is 11.8. The van der Waals surface area contributed by atoms with Crippen LogP contribution in [-0.4, -0.2) is 26.9 Å². The molecule has 0 aliphatic heterocycles. The number of nitriles is 1. The Morgan fingerprint density at radius 3 is 3.06 bits per heavy atom. The van der Waals surface area contributed by atoms with Crippen LogP contribution in [0.1, 0.15) is 24.1 Å². The van der Waals surface area contributed by atoms with E-state index in [4.69, 9.17) is 5.26 Å². The van der Waals surface area contributed by atoms with E-state index in [1.54, 1.807) is 12.1 Å².